The third kappa shape index (κ3) is 3.16. The Morgan fingerprint density at radius 2 is 2.06 bits per heavy atom. The van der Waals surface area contributed by atoms with Gasteiger partial charge in [-0.3, -0.25) is 9.69 Å². The lowest BCUT2D eigenvalue weighted by Crippen LogP contribution is -2.52. The van der Waals surface area contributed by atoms with Gasteiger partial charge in [0.1, 0.15) is 12.6 Å². The molecule has 1 unspecified atom stereocenters. The topological polar surface area (TPSA) is 65.8 Å². The van der Waals surface area contributed by atoms with Crippen LogP contribution in [0.3, 0.4) is 0 Å². The molecule has 2 rings (SSSR count). The molecule has 0 aromatic rings. The standard InChI is InChI=1S/C11H17N3O3/c12-7-10-8-17-9-11(15)14(10)2-1-13-3-5-16-6-4-13/h10H,1-6,8-9H2. The van der Waals surface area contributed by atoms with E-state index in [4.69, 9.17) is 14.7 Å². The third-order valence-corrected chi connectivity index (χ3v) is 3.11. The minimum absolute atomic E-state index is 0.0870. The second kappa shape index (κ2) is 5.96. The SMILES string of the molecule is N#CC1COCC(=O)N1CCN1CCOCC1. The van der Waals surface area contributed by atoms with E-state index in [1.165, 1.54) is 0 Å². The first-order valence-corrected chi connectivity index (χ1v) is 5.88. The van der Waals surface area contributed by atoms with Crippen LogP contribution in [0.15, 0.2) is 0 Å². The molecular formula is C11H17N3O3. The normalized spacial score (nSPS) is 26.9. The minimum Gasteiger partial charge on any atom is -0.379 e. The lowest BCUT2D eigenvalue weighted by molar-refractivity contribution is -0.146. The van der Waals surface area contributed by atoms with Crippen LogP contribution in [-0.2, 0) is 14.3 Å². The van der Waals surface area contributed by atoms with Gasteiger partial charge in [-0.2, -0.15) is 5.26 Å². The van der Waals surface area contributed by atoms with Gasteiger partial charge in [-0.05, 0) is 0 Å². The third-order valence-electron chi connectivity index (χ3n) is 3.11. The number of ether oxygens (including phenoxy) is 2. The van der Waals surface area contributed by atoms with Crippen LogP contribution in [0.2, 0.25) is 0 Å². The van der Waals surface area contributed by atoms with Crippen LogP contribution in [-0.4, -0.2) is 74.4 Å². The number of nitriles is 1. The smallest absolute Gasteiger partial charge is 0.249 e. The maximum atomic E-state index is 11.6. The Morgan fingerprint density at radius 1 is 1.29 bits per heavy atom. The molecule has 94 valence electrons. The molecule has 0 aliphatic carbocycles. The van der Waals surface area contributed by atoms with Crippen molar-refractivity contribution in [1.29, 1.82) is 5.26 Å². The molecule has 2 saturated heterocycles. The maximum absolute atomic E-state index is 11.6. The fourth-order valence-electron chi connectivity index (χ4n) is 2.07. The van der Waals surface area contributed by atoms with E-state index < -0.39 is 6.04 Å². The van der Waals surface area contributed by atoms with Gasteiger partial charge >= 0.3 is 0 Å². The highest BCUT2D eigenvalue weighted by atomic mass is 16.5. The molecule has 2 aliphatic rings. The second-order valence-electron chi connectivity index (χ2n) is 4.20. The maximum Gasteiger partial charge on any atom is 0.249 e. The quantitative estimate of drug-likeness (QED) is 0.636. The summed E-state index contributed by atoms with van der Waals surface area (Å²) < 4.78 is 10.3. The summed E-state index contributed by atoms with van der Waals surface area (Å²) in [5, 5.41) is 8.96. The Labute approximate surface area is 101 Å². The van der Waals surface area contributed by atoms with Crippen molar-refractivity contribution in [2.24, 2.45) is 0 Å². The Bertz CT molecular complexity index is 310. The predicted octanol–water partition coefficient (Wildman–Crippen LogP) is -0.930. The molecule has 0 N–H and O–H groups in total. The van der Waals surface area contributed by atoms with Crippen molar-refractivity contribution in [2.45, 2.75) is 6.04 Å². The van der Waals surface area contributed by atoms with E-state index >= 15 is 0 Å². The molecule has 2 fully saturated rings. The molecule has 0 spiro atoms. The predicted molar refractivity (Wildman–Crippen MR) is 59.2 cm³/mol. The van der Waals surface area contributed by atoms with Crippen LogP contribution in [0, 0.1) is 11.3 Å². The van der Waals surface area contributed by atoms with Gasteiger partial charge < -0.3 is 14.4 Å². The summed E-state index contributed by atoms with van der Waals surface area (Å²) in [6, 6.07) is 1.68. The molecule has 0 saturated carbocycles. The van der Waals surface area contributed by atoms with Crippen LogP contribution in [0.4, 0.5) is 0 Å². The number of hydrogen-bond donors (Lipinski definition) is 0. The van der Waals surface area contributed by atoms with Gasteiger partial charge in [0.25, 0.3) is 0 Å². The van der Waals surface area contributed by atoms with Gasteiger partial charge in [-0.25, -0.2) is 0 Å². The van der Waals surface area contributed by atoms with Crippen molar-refractivity contribution in [3.63, 3.8) is 0 Å². The zero-order valence-corrected chi connectivity index (χ0v) is 9.80. The summed E-state index contributed by atoms with van der Waals surface area (Å²) in [4.78, 5) is 15.5. The van der Waals surface area contributed by atoms with Gasteiger partial charge in [0.2, 0.25) is 5.91 Å². The first-order valence-electron chi connectivity index (χ1n) is 5.88. The van der Waals surface area contributed by atoms with E-state index in [0.717, 1.165) is 32.8 Å². The van der Waals surface area contributed by atoms with Crippen LogP contribution in [0.25, 0.3) is 0 Å². The van der Waals surface area contributed by atoms with Crippen molar-refractivity contribution in [2.75, 3.05) is 52.6 Å². The van der Waals surface area contributed by atoms with Crippen molar-refractivity contribution in [1.82, 2.24) is 9.80 Å². The second-order valence-corrected chi connectivity index (χ2v) is 4.20. The van der Waals surface area contributed by atoms with Crippen LogP contribution in [0.5, 0.6) is 0 Å². The van der Waals surface area contributed by atoms with E-state index in [-0.39, 0.29) is 12.5 Å². The first-order chi connectivity index (χ1) is 8.31. The van der Waals surface area contributed by atoms with E-state index in [1.807, 2.05) is 0 Å². The zero-order valence-electron chi connectivity index (χ0n) is 9.80. The Morgan fingerprint density at radius 3 is 2.76 bits per heavy atom. The summed E-state index contributed by atoms with van der Waals surface area (Å²) >= 11 is 0. The van der Waals surface area contributed by atoms with Crippen molar-refractivity contribution >= 4 is 5.91 Å². The molecule has 0 radical (unpaired) electrons. The highest BCUT2D eigenvalue weighted by Crippen LogP contribution is 2.08. The average Bonchev–Trinajstić information content (AvgIpc) is 2.38. The molecular weight excluding hydrogens is 222 g/mol. The fourth-order valence-corrected chi connectivity index (χ4v) is 2.07. The zero-order chi connectivity index (χ0) is 12.1. The molecule has 6 nitrogen and oxygen atoms in total. The minimum atomic E-state index is -0.433. The summed E-state index contributed by atoms with van der Waals surface area (Å²) in [5.74, 6) is -0.0870. The molecule has 0 bridgehead atoms. The summed E-state index contributed by atoms with van der Waals surface area (Å²) in [5.41, 5.74) is 0. The monoisotopic (exact) mass is 239 g/mol. The molecule has 6 heteroatoms. The van der Waals surface area contributed by atoms with Crippen molar-refractivity contribution in [3.05, 3.63) is 0 Å². The molecule has 0 aromatic heterocycles. The molecule has 1 amide bonds. The number of rotatable bonds is 3. The van der Waals surface area contributed by atoms with E-state index in [1.54, 1.807) is 4.90 Å². The fraction of sp³-hybridized carbons (Fsp3) is 0.818. The molecule has 17 heavy (non-hydrogen) atoms. The van der Waals surface area contributed by atoms with Gasteiger partial charge in [-0.15, -0.1) is 0 Å². The summed E-state index contributed by atoms with van der Waals surface area (Å²) in [7, 11) is 0. The van der Waals surface area contributed by atoms with Crippen molar-refractivity contribution in [3.8, 4) is 6.07 Å². The lowest BCUT2D eigenvalue weighted by Gasteiger charge is -2.34. The average molecular weight is 239 g/mol. The highest BCUT2D eigenvalue weighted by Gasteiger charge is 2.28. The van der Waals surface area contributed by atoms with E-state index in [9.17, 15) is 4.79 Å². The Balaban J connectivity index is 1.83. The van der Waals surface area contributed by atoms with Crippen molar-refractivity contribution < 1.29 is 14.3 Å². The number of nitrogens with zero attached hydrogens (tertiary/aromatic N) is 3. The number of morpholine rings is 2. The number of carbonyl (C=O) groups excluding carboxylic acids is 1. The first kappa shape index (κ1) is 12.3. The van der Waals surface area contributed by atoms with Gasteiger partial charge in [0, 0.05) is 26.2 Å². The van der Waals surface area contributed by atoms with Gasteiger partial charge in [0.15, 0.2) is 0 Å². The Kier molecular flexibility index (Phi) is 4.31. The molecule has 2 heterocycles. The number of carbonyl (C=O) groups is 1. The van der Waals surface area contributed by atoms with Crippen LogP contribution in [0.1, 0.15) is 0 Å². The number of amides is 1. The summed E-state index contributed by atoms with van der Waals surface area (Å²) in [6.07, 6.45) is 0. The van der Waals surface area contributed by atoms with Gasteiger partial charge in [-0.1, -0.05) is 0 Å². The lowest BCUT2D eigenvalue weighted by atomic mass is 10.2. The largest absolute Gasteiger partial charge is 0.379 e. The highest BCUT2D eigenvalue weighted by molar-refractivity contribution is 5.78. The number of hydrogen-bond acceptors (Lipinski definition) is 5. The van der Waals surface area contributed by atoms with Crippen LogP contribution >= 0.6 is 0 Å². The molecule has 0 aromatic carbocycles. The molecule has 2 aliphatic heterocycles. The van der Waals surface area contributed by atoms with Gasteiger partial charge in [0.05, 0.1) is 25.9 Å². The van der Waals surface area contributed by atoms with Crippen LogP contribution < -0.4 is 0 Å². The summed E-state index contributed by atoms with van der Waals surface area (Å²) in [6.45, 7) is 5.11. The molecule has 1 atom stereocenters. The Hall–Kier alpha value is -1.16. The van der Waals surface area contributed by atoms with E-state index in [0.29, 0.717) is 13.2 Å². The van der Waals surface area contributed by atoms with E-state index in [2.05, 4.69) is 11.0 Å².